The molecule has 1 unspecified atom stereocenters. The first-order valence-corrected chi connectivity index (χ1v) is 5.51. The minimum atomic E-state index is -1.61. The van der Waals surface area contributed by atoms with Crippen molar-refractivity contribution in [2.45, 2.75) is 43.9 Å². The fourth-order valence-corrected chi connectivity index (χ4v) is 1.69. The second-order valence-corrected chi connectivity index (χ2v) is 3.95. The zero-order valence-corrected chi connectivity index (χ0v) is 9.37. The van der Waals surface area contributed by atoms with Crippen LogP contribution in [0.4, 0.5) is 0 Å². The first-order chi connectivity index (χ1) is 7.61. The zero-order valence-electron chi connectivity index (χ0n) is 9.37. The fraction of sp³-hybridized carbons (Fsp3) is 1.00. The number of aliphatic hydroxyl groups is 4. The normalized spacial score (nSPS) is 39.2. The number of aliphatic hydroxyl groups excluding tert-OH is 4. The van der Waals surface area contributed by atoms with Crippen LogP contribution in [0.5, 0.6) is 0 Å². The number of hydrogen-bond acceptors (Lipinski definition) is 6. The average Bonchev–Trinajstić information content (AvgIpc) is 2.55. The predicted molar refractivity (Wildman–Crippen MR) is 54.6 cm³/mol. The van der Waals surface area contributed by atoms with Crippen LogP contribution in [0, 0.1) is 0 Å². The van der Waals surface area contributed by atoms with Crippen LogP contribution in [0.1, 0.15) is 19.8 Å². The maximum Gasteiger partial charge on any atom is 0.221 e. The molecule has 1 rings (SSSR count). The van der Waals surface area contributed by atoms with Crippen LogP contribution in [0.3, 0.4) is 0 Å². The van der Waals surface area contributed by atoms with Gasteiger partial charge in [0.2, 0.25) is 5.79 Å². The van der Waals surface area contributed by atoms with Gasteiger partial charge in [-0.05, 0) is 6.42 Å². The van der Waals surface area contributed by atoms with Crippen LogP contribution >= 0.6 is 0 Å². The van der Waals surface area contributed by atoms with E-state index >= 15 is 0 Å². The van der Waals surface area contributed by atoms with Gasteiger partial charge in [-0.2, -0.15) is 0 Å². The van der Waals surface area contributed by atoms with Crippen molar-refractivity contribution in [3.63, 3.8) is 0 Å². The van der Waals surface area contributed by atoms with Gasteiger partial charge >= 0.3 is 0 Å². The lowest BCUT2D eigenvalue weighted by Gasteiger charge is -2.29. The van der Waals surface area contributed by atoms with E-state index in [1.54, 1.807) is 0 Å². The fourth-order valence-electron chi connectivity index (χ4n) is 1.69. The highest BCUT2D eigenvalue weighted by Gasteiger charge is 2.54. The molecule has 1 aliphatic rings. The van der Waals surface area contributed by atoms with Crippen molar-refractivity contribution in [1.29, 1.82) is 0 Å². The summed E-state index contributed by atoms with van der Waals surface area (Å²) in [5, 5.41) is 37.4. The minimum absolute atomic E-state index is 0.318. The van der Waals surface area contributed by atoms with Gasteiger partial charge in [0.05, 0.1) is 13.2 Å². The summed E-state index contributed by atoms with van der Waals surface area (Å²) in [6, 6.07) is 0. The van der Waals surface area contributed by atoms with Crippen molar-refractivity contribution >= 4 is 0 Å². The summed E-state index contributed by atoms with van der Waals surface area (Å²) in [5.74, 6) is -1.61. The Bertz CT molecular complexity index is 211. The van der Waals surface area contributed by atoms with E-state index < -0.39 is 37.3 Å². The molecular formula is C10H20O6. The summed E-state index contributed by atoms with van der Waals surface area (Å²) in [5.41, 5.74) is 0. The van der Waals surface area contributed by atoms with Crippen molar-refractivity contribution in [2.75, 3.05) is 19.8 Å². The predicted octanol–water partition coefficient (Wildman–Crippen LogP) is -1.40. The molecule has 1 aliphatic heterocycles. The molecule has 4 N–H and O–H groups in total. The van der Waals surface area contributed by atoms with E-state index in [0.717, 1.165) is 12.8 Å². The standard InChI is InChI=1S/C10H20O6/c1-2-3-4-15-10(6-12)9(14)8(13)7(5-11)16-10/h7-9,11-14H,2-6H2,1H3/t7-,8-,9+,10?/m1/s1. The number of unbranched alkanes of at least 4 members (excludes halogenated alkanes) is 1. The summed E-state index contributed by atoms with van der Waals surface area (Å²) in [7, 11) is 0. The Morgan fingerprint density at radius 2 is 2.00 bits per heavy atom. The molecule has 0 amide bonds. The SMILES string of the molecule is CCCCOC1(CO)O[C@H](CO)[C@@H](O)[C@@H]1O. The second-order valence-electron chi connectivity index (χ2n) is 3.95. The van der Waals surface area contributed by atoms with E-state index in [0.29, 0.717) is 6.61 Å². The van der Waals surface area contributed by atoms with Gasteiger partial charge in [0, 0.05) is 0 Å². The lowest BCUT2D eigenvalue weighted by atomic mass is 10.1. The second kappa shape index (κ2) is 5.90. The molecule has 1 fully saturated rings. The lowest BCUT2D eigenvalue weighted by Crippen LogP contribution is -2.48. The average molecular weight is 236 g/mol. The van der Waals surface area contributed by atoms with E-state index in [4.69, 9.17) is 14.6 Å². The van der Waals surface area contributed by atoms with Gasteiger partial charge < -0.3 is 29.9 Å². The molecule has 1 heterocycles. The largest absolute Gasteiger partial charge is 0.394 e. The van der Waals surface area contributed by atoms with Crippen LogP contribution in [-0.2, 0) is 9.47 Å². The molecule has 6 heteroatoms. The van der Waals surface area contributed by atoms with Crippen molar-refractivity contribution in [1.82, 2.24) is 0 Å². The molecule has 16 heavy (non-hydrogen) atoms. The van der Waals surface area contributed by atoms with Gasteiger partial charge in [-0.25, -0.2) is 0 Å². The van der Waals surface area contributed by atoms with Gasteiger partial charge in [0.15, 0.2) is 0 Å². The molecule has 0 bridgehead atoms. The smallest absolute Gasteiger partial charge is 0.221 e. The first kappa shape index (κ1) is 13.8. The van der Waals surface area contributed by atoms with Crippen LogP contribution in [0.25, 0.3) is 0 Å². The van der Waals surface area contributed by atoms with E-state index in [2.05, 4.69) is 0 Å². The third-order valence-corrected chi connectivity index (χ3v) is 2.75. The maximum atomic E-state index is 9.74. The monoisotopic (exact) mass is 236 g/mol. The summed E-state index contributed by atoms with van der Waals surface area (Å²) in [6.07, 6.45) is -1.87. The first-order valence-electron chi connectivity index (χ1n) is 5.51. The molecule has 0 saturated carbocycles. The van der Waals surface area contributed by atoms with Crippen LogP contribution in [0.15, 0.2) is 0 Å². The zero-order chi connectivity index (χ0) is 12.2. The summed E-state index contributed by atoms with van der Waals surface area (Å²) in [6.45, 7) is 1.30. The lowest BCUT2D eigenvalue weighted by molar-refractivity contribution is -0.276. The van der Waals surface area contributed by atoms with E-state index in [9.17, 15) is 15.3 Å². The van der Waals surface area contributed by atoms with Gasteiger partial charge in [-0.15, -0.1) is 0 Å². The quantitative estimate of drug-likeness (QED) is 0.424. The van der Waals surface area contributed by atoms with Crippen molar-refractivity contribution in [3.05, 3.63) is 0 Å². The molecule has 0 spiro atoms. The van der Waals surface area contributed by atoms with Crippen LogP contribution < -0.4 is 0 Å². The third-order valence-electron chi connectivity index (χ3n) is 2.75. The number of hydrogen-bond donors (Lipinski definition) is 4. The molecule has 0 aliphatic carbocycles. The van der Waals surface area contributed by atoms with E-state index in [1.165, 1.54) is 0 Å². The van der Waals surface area contributed by atoms with Gasteiger partial charge in [0.25, 0.3) is 0 Å². The van der Waals surface area contributed by atoms with Crippen LogP contribution in [0.2, 0.25) is 0 Å². The molecule has 0 aromatic rings. The van der Waals surface area contributed by atoms with Gasteiger partial charge in [0.1, 0.15) is 24.9 Å². The maximum absolute atomic E-state index is 9.74. The molecule has 0 aromatic heterocycles. The van der Waals surface area contributed by atoms with E-state index in [-0.39, 0.29) is 0 Å². The Labute approximate surface area is 94.4 Å². The Hall–Kier alpha value is -0.240. The van der Waals surface area contributed by atoms with Crippen LogP contribution in [-0.4, -0.2) is 64.3 Å². The molecule has 0 aromatic carbocycles. The topological polar surface area (TPSA) is 99.4 Å². The molecule has 1 saturated heterocycles. The van der Waals surface area contributed by atoms with E-state index in [1.807, 2.05) is 6.92 Å². The van der Waals surface area contributed by atoms with Crippen molar-refractivity contribution in [3.8, 4) is 0 Å². The molecule has 4 atom stereocenters. The van der Waals surface area contributed by atoms with Crippen molar-refractivity contribution in [2.24, 2.45) is 0 Å². The molecular weight excluding hydrogens is 216 g/mol. The summed E-state index contributed by atoms with van der Waals surface area (Å²) >= 11 is 0. The highest BCUT2D eigenvalue weighted by atomic mass is 16.7. The van der Waals surface area contributed by atoms with Gasteiger partial charge in [-0.3, -0.25) is 0 Å². The molecule has 0 radical (unpaired) electrons. The minimum Gasteiger partial charge on any atom is -0.394 e. The number of ether oxygens (including phenoxy) is 2. The van der Waals surface area contributed by atoms with Gasteiger partial charge in [-0.1, -0.05) is 13.3 Å². The highest BCUT2D eigenvalue weighted by Crippen LogP contribution is 2.32. The number of rotatable bonds is 6. The molecule has 6 nitrogen and oxygen atoms in total. The highest BCUT2D eigenvalue weighted by molar-refractivity contribution is 4.96. The Morgan fingerprint density at radius 3 is 2.44 bits per heavy atom. The van der Waals surface area contributed by atoms with Crippen molar-refractivity contribution < 1.29 is 29.9 Å². The summed E-state index contributed by atoms with van der Waals surface area (Å²) in [4.78, 5) is 0. The summed E-state index contributed by atoms with van der Waals surface area (Å²) < 4.78 is 10.5. The Morgan fingerprint density at radius 1 is 1.31 bits per heavy atom. The molecule has 96 valence electrons. The Kier molecular flexibility index (Phi) is 5.10. The Balaban J connectivity index is 2.64. The third kappa shape index (κ3) is 2.53.